The Morgan fingerprint density at radius 2 is 2.19 bits per heavy atom. The fourth-order valence-corrected chi connectivity index (χ4v) is 3.20. The molecule has 0 saturated carbocycles. The lowest BCUT2D eigenvalue weighted by molar-refractivity contribution is -0.147. The SMILES string of the molecule is CCOC(=O)[C@H]1CC(=O)N(c2ccc3oc(-c4cccc(F)c4)nc3c2)C1. The summed E-state index contributed by atoms with van der Waals surface area (Å²) >= 11 is 0. The van der Waals surface area contributed by atoms with Gasteiger partial charge in [0.25, 0.3) is 0 Å². The summed E-state index contributed by atoms with van der Waals surface area (Å²) in [5.74, 6) is -1.03. The van der Waals surface area contributed by atoms with Crippen molar-refractivity contribution in [3.05, 3.63) is 48.3 Å². The van der Waals surface area contributed by atoms with Gasteiger partial charge in [0.2, 0.25) is 11.8 Å². The third kappa shape index (κ3) is 3.28. The average Bonchev–Trinajstić information content (AvgIpc) is 3.25. The summed E-state index contributed by atoms with van der Waals surface area (Å²) in [6, 6.07) is 11.2. The molecule has 1 fully saturated rings. The molecule has 0 aliphatic carbocycles. The highest BCUT2D eigenvalue weighted by molar-refractivity contribution is 6.00. The van der Waals surface area contributed by atoms with Crippen molar-refractivity contribution in [2.24, 2.45) is 5.92 Å². The van der Waals surface area contributed by atoms with Crippen LogP contribution in [0.5, 0.6) is 0 Å². The number of halogens is 1. The molecule has 138 valence electrons. The number of fused-ring (bicyclic) bond motifs is 1. The fraction of sp³-hybridized carbons (Fsp3) is 0.250. The number of aromatic nitrogens is 1. The molecular weight excluding hydrogens is 351 g/mol. The zero-order valence-electron chi connectivity index (χ0n) is 14.6. The summed E-state index contributed by atoms with van der Waals surface area (Å²) in [5.41, 5.74) is 2.26. The van der Waals surface area contributed by atoms with Gasteiger partial charge < -0.3 is 14.1 Å². The van der Waals surface area contributed by atoms with E-state index in [4.69, 9.17) is 9.15 Å². The lowest BCUT2D eigenvalue weighted by Crippen LogP contribution is -2.26. The van der Waals surface area contributed by atoms with Crippen LogP contribution in [0.3, 0.4) is 0 Å². The van der Waals surface area contributed by atoms with Crippen molar-refractivity contribution in [3.8, 4) is 11.5 Å². The van der Waals surface area contributed by atoms with E-state index >= 15 is 0 Å². The number of amides is 1. The van der Waals surface area contributed by atoms with Crippen LogP contribution in [0, 0.1) is 11.7 Å². The number of carbonyl (C=O) groups is 2. The summed E-state index contributed by atoms with van der Waals surface area (Å²) < 4.78 is 24.1. The second-order valence-electron chi connectivity index (χ2n) is 6.34. The van der Waals surface area contributed by atoms with Crippen LogP contribution in [-0.4, -0.2) is 30.0 Å². The zero-order valence-corrected chi connectivity index (χ0v) is 14.6. The number of anilines is 1. The maximum absolute atomic E-state index is 13.4. The van der Waals surface area contributed by atoms with Crippen molar-refractivity contribution in [1.29, 1.82) is 0 Å². The fourth-order valence-electron chi connectivity index (χ4n) is 3.20. The van der Waals surface area contributed by atoms with E-state index in [1.807, 2.05) is 0 Å². The number of ether oxygens (including phenoxy) is 1. The predicted molar refractivity (Wildman–Crippen MR) is 96.5 cm³/mol. The topological polar surface area (TPSA) is 72.6 Å². The quantitative estimate of drug-likeness (QED) is 0.659. The molecule has 2 aromatic carbocycles. The molecule has 7 heteroatoms. The monoisotopic (exact) mass is 368 g/mol. The van der Waals surface area contributed by atoms with Gasteiger partial charge in [-0.25, -0.2) is 9.37 Å². The minimum Gasteiger partial charge on any atom is -0.466 e. The Morgan fingerprint density at radius 3 is 2.96 bits per heavy atom. The number of nitrogens with zero attached hydrogens (tertiary/aromatic N) is 2. The first-order chi connectivity index (χ1) is 13.0. The highest BCUT2D eigenvalue weighted by atomic mass is 19.1. The summed E-state index contributed by atoms with van der Waals surface area (Å²) in [5, 5.41) is 0. The zero-order chi connectivity index (χ0) is 19.0. The van der Waals surface area contributed by atoms with E-state index in [9.17, 15) is 14.0 Å². The van der Waals surface area contributed by atoms with E-state index < -0.39 is 5.92 Å². The van der Waals surface area contributed by atoms with Crippen LogP contribution in [0.4, 0.5) is 10.1 Å². The minimum atomic E-state index is -0.465. The van der Waals surface area contributed by atoms with Crippen molar-refractivity contribution >= 4 is 28.7 Å². The number of esters is 1. The van der Waals surface area contributed by atoms with E-state index in [1.165, 1.54) is 12.1 Å². The van der Waals surface area contributed by atoms with Crippen LogP contribution in [0.2, 0.25) is 0 Å². The molecule has 4 rings (SSSR count). The van der Waals surface area contributed by atoms with E-state index in [0.717, 1.165) is 0 Å². The van der Waals surface area contributed by atoms with Crippen LogP contribution >= 0.6 is 0 Å². The second kappa shape index (κ2) is 6.83. The van der Waals surface area contributed by atoms with Crippen molar-refractivity contribution in [1.82, 2.24) is 4.98 Å². The van der Waals surface area contributed by atoms with Gasteiger partial charge in [0.15, 0.2) is 5.58 Å². The first kappa shape index (κ1) is 17.2. The van der Waals surface area contributed by atoms with Crippen LogP contribution in [0.15, 0.2) is 46.9 Å². The van der Waals surface area contributed by atoms with Crippen LogP contribution < -0.4 is 4.90 Å². The Labute approximate surface area is 154 Å². The van der Waals surface area contributed by atoms with Crippen LogP contribution in [0.1, 0.15) is 13.3 Å². The Morgan fingerprint density at radius 1 is 1.33 bits per heavy atom. The third-order valence-corrected chi connectivity index (χ3v) is 4.50. The van der Waals surface area contributed by atoms with E-state index in [0.29, 0.717) is 28.2 Å². The Kier molecular flexibility index (Phi) is 4.35. The summed E-state index contributed by atoms with van der Waals surface area (Å²) in [6.45, 7) is 2.30. The van der Waals surface area contributed by atoms with Gasteiger partial charge in [-0.3, -0.25) is 9.59 Å². The molecule has 27 heavy (non-hydrogen) atoms. The van der Waals surface area contributed by atoms with Gasteiger partial charge in [-0.15, -0.1) is 0 Å². The third-order valence-electron chi connectivity index (χ3n) is 4.50. The minimum absolute atomic E-state index is 0.129. The lowest BCUT2D eigenvalue weighted by Gasteiger charge is -2.16. The van der Waals surface area contributed by atoms with Crippen LogP contribution in [0.25, 0.3) is 22.6 Å². The maximum atomic E-state index is 13.4. The standard InChI is InChI=1S/C20H17FN2O4/c1-2-26-20(25)13-9-18(24)23(11-13)15-6-7-17-16(10-15)22-19(27-17)12-4-3-5-14(21)8-12/h3-8,10,13H,2,9,11H2,1H3/t13-/m0/s1. The van der Waals surface area contributed by atoms with Crippen molar-refractivity contribution in [2.75, 3.05) is 18.1 Å². The molecule has 0 spiro atoms. The largest absolute Gasteiger partial charge is 0.466 e. The van der Waals surface area contributed by atoms with Gasteiger partial charge in [0.05, 0.1) is 12.5 Å². The Bertz CT molecular complexity index is 1030. The second-order valence-corrected chi connectivity index (χ2v) is 6.34. The lowest BCUT2D eigenvalue weighted by atomic mass is 10.1. The number of hydrogen-bond donors (Lipinski definition) is 0. The molecule has 1 aromatic heterocycles. The van der Waals surface area contributed by atoms with Crippen LogP contribution in [-0.2, 0) is 14.3 Å². The number of hydrogen-bond acceptors (Lipinski definition) is 5. The Balaban J connectivity index is 1.62. The molecule has 1 aliphatic heterocycles. The molecule has 6 nitrogen and oxygen atoms in total. The molecular formula is C20H17FN2O4. The first-order valence-electron chi connectivity index (χ1n) is 8.68. The number of benzene rings is 2. The molecule has 2 heterocycles. The highest BCUT2D eigenvalue weighted by Gasteiger charge is 2.36. The van der Waals surface area contributed by atoms with Crippen molar-refractivity contribution in [2.45, 2.75) is 13.3 Å². The molecule has 1 amide bonds. The summed E-state index contributed by atoms with van der Waals surface area (Å²) in [4.78, 5) is 30.2. The van der Waals surface area contributed by atoms with Crippen molar-refractivity contribution < 1.29 is 23.1 Å². The normalized spacial score (nSPS) is 16.9. The maximum Gasteiger partial charge on any atom is 0.311 e. The van der Waals surface area contributed by atoms with Gasteiger partial charge in [-0.2, -0.15) is 0 Å². The van der Waals surface area contributed by atoms with Gasteiger partial charge in [0, 0.05) is 24.2 Å². The van der Waals surface area contributed by atoms with Crippen molar-refractivity contribution in [3.63, 3.8) is 0 Å². The number of oxazole rings is 1. The first-order valence-corrected chi connectivity index (χ1v) is 8.68. The molecule has 1 saturated heterocycles. The summed E-state index contributed by atoms with van der Waals surface area (Å²) in [7, 11) is 0. The smallest absolute Gasteiger partial charge is 0.311 e. The average molecular weight is 368 g/mol. The molecule has 1 atom stereocenters. The van der Waals surface area contributed by atoms with E-state index in [1.54, 1.807) is 42.2 Å². The Hall–Kier alpha value is -3.22. The molecule has 1 aliphatic rings. The van der Waals surface area contributed by atoms with Gasteiger partial charge in [-0.1, -0.05) is 6.07 Å². The van der Waals surface area contributed by atoms with E-state index in [2.05, 4.69) is 4.98 Å². The number of carbonyl (C=O) groups excluding carboxylic acids is 2. The summed E-state index contributed by atoms with van der Waals surface area (Å²) in [6.07, 6.45) is 0.129. The van der Waals surface area contributed by atoms with Gasteiger partial charge in [-0.05, 0) is 43.3 Å². The van der Waals surface area contributed by atoms with Gasteiger partial charge in [0.1, 0.15) is 11.3 Å². The number of rotatable bonds is 4. The molecule has 0 bridgehead atoms. The molecule has 0 N–H and O–H groups in total. The van der Waals surface area contributed by atoms with E-state index in [-0.39, 0.29) is 37.3 Å². The molecule has 0 radical (unpaired) electrons. The highest BCUT2D eigenvalue weighted by Crippen LogP contribution is 2.31. The van der Waals surface area contributed by atoms with Gasteiger partial charge >= 0.3 is 5.97 Å². The molecule has 0 unspecified atom stereocenters. The predicted octanol–water partition coefficient (Wildman–Crippen LogP) is 3.55. The molecule has 3 aromatic rings.